The van der Waals surface area contributed by atoms with Gasteiger partial charge in [0.05, 0.1) is 52.1 Å². The molecule has 2 aliphatic rings. The van der Waals surface area contributed by atoms with Crippen LogP contribution in [0.4, 0.5) is 9.59 Å². The van der Waals surface area contributed by atoms with E-state index >= 15 is 0 Å². The number of benzene rings is 1. The summed E-state index contributed by atoms with van der Waals surface area (Å²) in [5.74, 6) is -0.860. The number of nitrogens with two attached hydrogens (primary N) is 1. The molecule has 11 atom stereocenters. The van der Waals surface area contributed by atoms with Crippen molar-refractivity contribution in [2.45, 2.75) is 222 Å². The smallest absolute Gasteiger partial charge is 0.414 e. The number of unbranched alkanes of at least 4 members (excludes halogenated alkanes) is 6. The minimum Gasteiger partial charge on any atom is -0.466 e. The van der Waals surface area contributed by atoms with Gasteiger partial charge in [-0.25, -0.2) is 4.79 Å². The van der Waals surface area contributed by atoms with Gasteiger partial charge < -0.3 is 69.0 Å². The van der Waals surface area contributed by atoms with Gasteiger partial charge in [-0.3, -0.25) is 48.2 Å². The maximum atomic E-state index is 14.1. The molecule has 2 radical (unpaired) electrons. The van der Waals surface area contributed by atoms with Gasteiger partial charge in [0, 0.05) is 130 Å². The summed E-state index contributed by atoms with van der Waals surface area (Å²) in [6.45, 7) is 22.8. The van der Waals surface area contributed by atoms with Gasteiger partial charge in [-0.2, -0.15) is 0 Å². The topological polar surface area (TPSA) is 294 Å². The Hall–Kier alpha value is -3.62. The Balaban J connectivity index is 1.47. The second-order valence-electron chi connectivity index (χ2n) is 28.3. The first-order valence-electron chi connectivity index (χ1n) is 37.4. The molecule has 0 bridgehead atoms. The van der Waals surface area contributed by atoms with E-state index in [9.17, 15) is 43.2 Å². The Kier molecular flexibility index (Phi) is 46.4. The van der Waals surface area contributed by atoms with Crippen molar-refractivity contribution >= 4 is 112 Å². The van der Waals surface area contributed by atoms with Gasteiger partial charge in [0.25, 0.3) is 0 Å². The Morgan fingerprint density at radius 1 is 0.615 bits per heavy atom. The first-order valence-corrected chi connectivity index (χ1v) is 41.3. The number of ether oxygens (including phenoxy) is 8. The summed E-state index contributed by atoms with van der Waals surface area (Å²) in [6, 6.07) is 6.67. The van der Waals surface area contributed by atoms with Crippen molar-refractivity contribution in [3.05, 3.63) is 29.8 Å². The Morgan fingerprint density at radius 3 is 1.60 bits per heavy atom. The quantitative estimate of drug-likeness (QED) is 0.0180. The van der Waals surface area contributed by atoms with Gasteiger partial charge in [-0.1, -0.05) is 37.8 Å². The molecule has 3 rings (SSSR count). The van der Waals surface area contributed by atoms with Crippen LogP contribution < -0.4 is 21.1 Å². The highest BCUT2D eigenvalue weighted by Crippen LogP contribution is 2.40. The molecule has 25 nitrogen and oxygen atoms in total. The molecule has 11 unspecified atom stereocenters. The highest BCUT2D eigenvalue weighted by Gasteiger charge is 2.41. The van der Waals surface area contributed by atoms with E-state index in [1.54, 1.807) is 31.3 Å². The molecule has 1 aromatic rings. The SMILES string of the molecule is [B]C(=O)OC(CCCC(=O)N(CCCCCCSC1CC(=O)N(CCC(=O)NCCCOCC(CC(C)(P)OCC)C(C)(C)OCC)C1=O)CCCCCCSC1CC(=O)N(CCC(=O)NCCCOCC(CC(C)(P)OCN)C(C)(P)OCC)C1=O)c1ccc(OC(=O)N(C)CCCN(C)C)cc1. The van der Waals surface area contributed by atoms with Crippen LogP contribution in [0.25, 0.3) is 0 Å². The van der Waals surface area contributed by atoms with Gasteiger partial charge in [0.2, 0.25) is 55.1 Å². The van der Waals surface area contributed by atoms with Gasteiger partial charge in [0.15, 0.2) is 0 Å². The fraction of sp³-hybridized carbons (Fsp3) is 0.795. The lowest BCUT2D eigenvalue weighted by Crippen LogP contribution is -2.41. The summed E-state index contributed by atoms with van der Waals surface area (Å²) in [5, 5.41) is 3.25. The van der Waals surface area contributed by atoms with Crippen LogP contribution in [-0.4, -0.2) is 256 Å². The van der Waals surface area contributed by atoms with Gasteiger partial charge >= 0.3 is 6.09 Å². The fourth-order valence-electron chi connectivity index (χ4n) is 12.4. The number of likely N-dealkylation sites (tertiary alicyclic amines) is 2. The molecule has 2 aliphatic heterocycles. The average molecular weight is 1560 g/mol. The van der Waals surface area contributed by atoms with Crippen LogP contribution in [0.15, 0.2) is 24.3 Å². The van der Waals surface area contributed by atoms with E-state index in [0.29, 0.717) is 134 Å². The maximum absolute atomic E-state index is 14.1. The third-order valence-corrected chi connectivity index (χ3v) is 22.4. The highest BCUT2D eigenvalue weighted by molar-refractivity contribution is 8.00. The number of hydrogen-bond acceptors (Lipinski definition) is 21. The summed E-state index contributed by atoms with van der Waals surface area (Å²) in [4.78, 5) is 125. The molecular formula is C73H128BN8O17P3S2. The van der Waals surface area contributed by atoms with Gasteiger partial charge in [-0.15, -0.1) is 51.2 Å². The van der Waals surface area contributed by atoms with Crippen molar-refractivity contribution in [2.75, 3.05) is 138 Å². The summed E-state index contributed by atoms with van der Waals surface area (Å²) >= 11 is 2.92. The molecule has 2 fully saturated rings. The molecule has 0 saturated carbocycles. The first kappa shape index (κ1) is 94.6. The molecule has 8 amide bonds. The number of rotatable bonds is 59. The van der Waals surface area contributed by atoms with Crippen LogP contribution in [0.1, 0.15) is 195 Å². The van der Waals surface area contributed by atoms with E-state index in [2.05, 4.69) is 52.2 Å². The lowest BCUT2D eigenvalue weighted by molar-refractivity contribution is -0.140. The van der Waals surface area contributed by atoms with E-state index in [-0.39, 0.29) is 105 Å². The molecule has 1 aromatic carbocycles. The number of imide groups is 2. The molecule has 104 heavy (non-hydrogen) atoms. The predicted octanol–water partition coefficient (Wildman–Crippen LogP) is 9.69. The van der Waals surface area contributed by atoms with Crippen LogP contribution >= 0.6 is 51.2 Å². The highest BCUT2D eigenvalue weighted by atomic mass is 32.2. The normalized spacial score (nSPS) is 17.5. The second kappa shape index (κ2) is 51.0. The predicted molar refractivity (Wildman–Crippen MR) is 422 cm³/mol. The summed E-state index contributed by atoms with van der Waals surface area (Å²) in [7, 11) is 19.4. The van der Waals surface area contributed by atoms with E-state index in [0.717, 1.165) is 70.8 Å². The summed E-state index contributed by atoms with van der Waals surface area (Å²) in [5.41, 5.74) is 5.86. The lowest BCUT2D eigenvalue weighted by atomic mass is 9.86. The summed E-state index contributed by atoms with van der Waals surface area (Å²) in [6.07, 6.45) is 9.67. The van der Waals surface area contributed by atoms with E-state index in [4.69, 9.17) is 51.5 Å². The van der Waals surface area contributed by atoms with Crippen molar-refractivity contribution in [1.82, 2.24) is 35.1 Å². The largest absolute Gasteiger partial charge is 0.466 e. The summed E-state index contributed by atoms with van der Waals surface area (Å²) < 4.78 is 46.9. The lowest BCUT2D eigenvalue weighted by Gasteiger charge is -2.38. The number of nitrogens with zero attached hydrogens (tertiary/aromatic N) is 5. The van der Waals surface area contributed by atoms with Crippen LogP contribution in [0, 0.1) is 11.8 Å². The van der Waals surface area contributed by atoms with Crippen molar-refractivity contribution in [3.63, 3.8) is 0 Å². The number of carbonyl (C=O) groups is 9. The van der Waals surface area contributed by atoms with E-state index in [1.807, 2.05) is 65.4 Å². The minimum absolute atomic E-state index is 0.00459. The molecule has 0 spiro atoms. The molecule has 4 N–H and O–H groups in total. The van der Waals surface area contributed by atoms with Gasteiger partial charge in [0.1, 0.15) is 11.9 Å². The third-order valence-electron chi connectivity index (χ3n) is 18.3. The zero-order valence-corrected chi connectivity index (χ0v) is 69.5. The number of hydrogen-bond donors (Lipinski definition) is 3. The average Bonchev–Trinajstić information content (AvgIpc) is 1.74. The van der Waals surface area contributed by atoms with Crippen molar-refractivity contribution < 1.29 is 81.0 Å². The van der Waals surface area contributed by atoms with Crippen LogP contribution in [0.5, 0.6) is 5.75 Å². The maximum Gasteiger partial charge on any atom is 0.414 e. The van der Waals surface area contributed by atoms with Crippen molar-refractivity contribution in [3.8, 4) is 5.75 Å². The standard InChI is InChI=1S/C73H128BN8O17P3S2/c1-12-94-70(4,5)55(49-71(6,100)95-13-2)51-92-43-24-35-76-61(83)33-41-81-64(86)47-59(66(81)88)103-45-21-17-15-19-39-80(63(85)28-23-27-58(99-68(74)90)54-29-31-57(32-30-54)98-69(91)79(11)38-26-37-78(9)10)40-20-16-18-22-46-104-60-48-65(87)82(67(60)89)42-34-62(84)77-36-25-44-93-52-56(73(8,102)96-14-3)50-72(7,101)97-53-75/h29-32,55-56,58-60H,12-28,33-53,75,100-102H2,1-11H3,(H,76,83)(H,77,84). The van der Waals surface area contributed by atoms with Crippen LogP contribution in [0.2, 0.25) is 0 Å². The van der Waals surface area contributed by atoms with E-state index in [1.165, 1.54) is 38.2 Å². The zero-order valence-electron chi connectivity index (χ0n) is 64.4. The third kappa shape index (κ3) is 38.2. The van der Waals surface area contributed by atoms with Crippen molar-refractivity contribution in [2.24, 2.45) is 17.6 Å². The monoisotopic (exact) mass is 1560 g/mol. The van der Waals surface area contributed by atoms with Gasteiger partial charge in [-0.05, 0) is 176 Å². The molecule has 0 aromatic heterocycles. The molecule has 0 aliphatic carbocycles. The molecular weight excluding hydrogens is 1430 g/mol. The number of carbonyl (C=O) groups excluding carboxylic acids is 9. The Labute approximate surface area is 638 Å². The fourth-order valence-corrected chi connectivity index (χ4v) is 16.0. The second-order valence-corrected chi connectivity index (χ2v) is 34.5. The van der Waals surface area contributed by atoms with Crippen LogP contribution in [0.3, 0.4) is 0 Å². The number of nitrogens with one attached hydrogen (secondary N) is 2. The van der Waals surface area contributed by atoms with Crippen LogP contribution in [-0.2, 0) is 66.7 Å². The number of thioether (sulfide) groups is 2. The Morgan fingerprint density at radius 2 is 1.11 bits per heavy atom. The number of amides is 8. The van der Waals surface area contributed by atoms with E-state index < -0.39 is 50.2 Å². The molecule has 592 valence electrons. The molecule has 2 heterocycles. The zero-order chi connectivity index (χ0) is 77.3. The molecule has 31 heteroatoms. The first-order chi connectivity index (χ1) is 49.3. The Bertz CT molecular complexity index is 2630. The molecule has 2 saturated heterocycles. The minimum atomic E-state index is -0.957. The van der Waals surface area contributed by atoms with Crippen molar-refractivity contribution in [1.29, 1.82) is 0 Å².